The second-order valence-electron chi connectivity index (χ2n) is 10.1. The number of hydrogen-bond donors (Lipinski definition) is 3. The third-order valence-corrected chi connectivity index (χ3v) is 8.55. The number of ether oxygens (including phenoxy) is 2. The van der Waals surface area contributed by atoms with E-state index in [1.165, 1.54) is 19.2 Å². The normalized spacial score (nSPS) is 20.0. The Kier molecular flexibility index (Phi) is 7.93. The van der Waals surface area contributed by atoms with E-state index < -0.39 is 11.4 Å². The second-order valence-corrected chi connectivity index (χ2v) is 11.4. The zero-order chi connectivity index (χ0) is 29.5. The number of rotatable bonds is 10. The van der Waals surface area contributed by atoms with E-state index in [-0.39, 0.29) is 41.1 Å². The van der Waals surface area contributed by atoms with Crippen LogP contribution in [-0.2, 0) is 5.41 Å². The lowest BCUT2D eigenvalue weighted by Gasteiger charge is -2.17. The molecular formula is C31H25Cl3N2O5. The SMILES string of the molecule is COc1ccc(C(=O)O)cc1C1CC1(C#N)c1ccc(OC/C(C(=N)c2c(Cl)cccc2Cl)=C(/O)C2CC2)cc1Cl. The van der Waals surface area contributed by atoms with Gasteiger partial charge >= 0.3 is 5.97 Å². The van der Waals surface area contributed by atoms with E-state index in [0.717, 1.165) is 12.8 Å². The molecular weight excluding hydrogens is 587 g/mol. The molecule has 2 aliphatic rings. The first kappa shape index (κ1) is 28.8. The van der Waals surface area contributed by atoms with Crippen LogP contribution < -0.4 is 9.47 Å². The molecule has 41 heavy (non-hydrogen) atoms. The van der Waals surface area contributed by atoms with Crippen molar-refractivity contribution in [1.29, 1.82) is 10.7 Å². The van der Waals surface area contributed by atoms with Crippen LogP contribution in [0.15, 0.2) is 65.9 Å². The van der Waals surface area contributed by atoms with Crippen molar-refractivity contribution < 1.29 is 24.5 Å². The Bertz CT molecular complexity index is 1620. The number of aromatic carboxylic acids is 1. The highest BCUT2D eigenvalue weighted by Crippen LogP contribution is 2.63. The van der Waals surface area contributed by atoms with Gasteiger partial charge in [-0.1, -0.05) is 46.9 Å². The molecule has 7 nitrogen and oxygen atoms in total. The van der Waals surface area contributed by atoms with Crippen LogP contribution in [0.3, 0.4) is 0 Å². The molecule has 3 aromatic rings. The minimum absolute atomic E-state index is 0.0190. The Morgan fingerprint density at radius 2 is 1.78 bits per heavy atom. The summed E-state index contributed by atoms with van der Waals surface area (Å²) >= 11 is 19.4. The molecule has 3 aromatic carbocycles. The maximum absolute atomic E-state index is 11.6. The van der Waals surface area contributed by atoms with Crippen LogP contribution in [0.1, 0.15) is 52.2 Å². The standard InChI is InChI=1S/C31H25Cl3N2O5/c1-40-26-10-7-17(30(38)39)11-19(26)22-13-31(22,15-35)21-9-8-18(12-25(21)34)41-14-20(29(37)16-5-6-16)28(36)27-23(32)3-2-4-24(27)33/h2-4,7-12,16,22,36-37H,5-6,13-14H2,1H3,(H,38,39)/b29-20-,36-28?. The molecule has 0 saturated heterocycles. The highest BCUT2D eigenvalue weighted by molar-refractivity contribution is 6.41. The van der Waals surface area contributed by atoms with Gasteiger partial charge in [0.05, 0.1) is 45.5 Å². The Morgan fingerprint density at radius 3 is 2.37 bits per heavy atom. The number of nitriles is 1. The van der Waals surface area contributed by atoms with Crippen molar-refractivity contribution in [3.63, 3.8) is 0 Å². The number of carbonyl (C=O) groups is 1. The topological polar surface area (TPSA) is 124 Å². The lowest BCUT2D eigenvalue weighted by atomic mass is 9.91. The van der Waals surface area contributed by atoms with Gasteiger partial charge in [0.25, 0.3) is 0 Å². The number of aliphatic hydroxyl groups is 1. The van der Waals surface area contributed by atoms with Crippen molar-refractivity contribution in [3.05, 3.63) is 103 Å². The van der Waals surface area contributed by atoms with E-state index in [9.17, 15) is 20.3 Å². The molecule has 2 saturated carbocycles. The molecule has 2 unspecified atom stereocenters. The molecule has 0 aliphatic heterocycles. The lowest BCUT2D eigenvalue weighted by Crippen LogP contribution is -2.16. The van der Waals surface area contributed by atoms with Crippen molar-refractivity contribution in [2.45, 2.75) is 30.6 Å². The fourth-order valence-corrected chi connectivity index (χ4v) is 6.05. The summed E-state index contributed by atoms with van der Waals surface area (Å²) in [6, 6.07) is 16.9. The summed E-state index contributed by atoms with van der Waals surface area (Å²) in [5.41, 5.74) is 0.947. The molecule has 10 heteroatoms. The fraction of sp³-hybridized carbons (Fsp3) is 0.258. The Morgan fingerprint density at radius 1 is 1.07 bits per heavy atom. The van der Waals surface area contributed by atoms with Gasteiger partial charge in [-0.05, 0) is 67.3 Å². The maximum atomic E-state index is 11.6. The fourth-order valence-electron chi connectivity index (χ4n) is 5.13. The molecule has 2 atom stereocenters. The number of nitrogens with one attached hydrogen (secondary N) is 1. The maximum Gasteiger partial charge on any atom is 0.335 e. The van der Waals surface area contributed by atoms with Crippen LogP contribution in [0, 0.1) is 22.7 Å². The summed E-state index contributed by atoms with van der Waals surface area (Å²) < 4.78 is 11.4. The molecule has 0 radical (unpaired) electrons. The van der Waals surface area contributed by atoms with Gasteiger partial charge in [0.15, 0.2) is 0 Å². The summed E-state index contributed by atoms with van der Waals surface area (Å²) in [4.78, 5) is 11.6. The summed E-state index contributed by atoms with van der Waals surface area (Å²) in [6.45, 7) is -0.121. The van der Waals surface area contributed by atoms with E-state index >= 15 is 0 Å². The zero-order valence-electron chi connectivity index (χ0n) is 21.9. The minimum atomic E-state index is -1.07. The third-order valence-electron chi connectivity index (χ3n) is 7.60. The number of carboxylic acids is 1. The van der Waals surface area contributed by atoms with E-state index in [1.807, 2.05) is 0 Å². The Hall–Kier alpha value is -3.70. The minimum Gasteiger partial charge on any atom is -0.512 e. The lowest BCUT2D eigenvalue weighted by molar-refractivity contribution is 0.0696. The van der Waals surface area contributed by atoms with Gasteiger partial charge in [-0.15, -0.1) is 0 Å². The van der Waals surface area contributed by atoms with Crippen molar-refractivity contribution in [3.8, 4) is 17.6 Å². The molecule has 0 aromatic heterocycles. The molecule has 0 spiro atoms. The molecule has 0 bridgehead atoms. The smallest absolute Gasteiger partial charge is 0.335 e. The number of benzene rings is 3. The molecule has 5 rings (SSSR count). The number of halogens is 3. The summed E-state index contributed by atoms with van der Waals surface area (Å²) in [7, 11) is 1.50. The monoisotopic (exact) mass is 610 g/mol. The van der Waals surface area contributed by atoms with Crippen molar-refractivity contribution in [1.82, 2.24) is 0 Å². The number of nitrogens with zero attached hydrogens (tertiary/aromatic N) is 1. The van der Waals surface area contributed by atoms with Gasteiger partial charge in [0.1, 0.15) is 23.9 Å². The van der Waals surface area contributed by atoms with E-state index in [4.69, 9.17) is 49.7 Å². The van der Waals surface area contributed by atoms with Gasteiger partial charge < -0.3 is 19.7 Å². The Labute approximate surface area is 252 Å². The van der Waals surface area contributed by atoms with E-state index in [2.05, 4.69) is 6.07 Å². The van der Waals surface area contributed by atoms with Crippen LogP contribution in [0.2, 0.25) is 15.1 Å². The molecule has 2 aliphatic carbocycles. The zero-order valence-corrected chi connectivity index (χ0v) is 24.1. The Balaban J connectivity index is 1.40. The number of hydrogen-bond acceptors (Lipinski definition) is 6. The second kappa shape index (κ2) is 11.3. The third kappa shape index (κ3) is 5.48. The molecule has 3 N–H and O–H groups in total. The van der Waals surface area contributed by atoms with Crippen molar-refractivity contribution >= 4 is 46.5 Å². The number of allylic oxidation sites excluding steroid dienone is 1. The number of methoxy groups -OCH3 is 1. The average Bonchev–Trinajstić information content (AvgIpc) is 3.88. The number of carboxylic acid groups (broad SMARTS) is 1. The van der Waals surface area contributed by atoms with Gasteiger partial charge in [-0.3, -0.25) is 5.41 Å². The highest BCUT2D eigenvalue weighted by Gasteiger charge is 2.58. The average molecular weight is 612 g/mol. The molecule has 0 amide bonds. The molecule has 210 valence electrons. The van der Waals surface area contributed by atoms with Gasteiger partial charge in [-0.25, -0.2) is 4.79 Å². The predicted molar refractivity (Wildman–Crippen MR) is 157 cm³/mol. The van der Waals surface area contributed by atoms with E-state index in [1.54, 1.807) is 42.5 Å². The first-order valence-electron chi connectivity index (χ1n) is 12.8. The van der Waals surface area contributed by atoms with Crippen molar-refractivity contribution in [2.75, 3.05) is 13.7 Å². The van der Waals surface area contributed by atoms with Crippen LogP contribution >= 0.6 is 34.8 Å². The molecule has 0 heterocycles. The number of aliphatic hydroxyl groups excluding tert-OH is 1. The van der Waals surface area contributed by atoms with E-state index in [0.29, 0.717) is 49.7 Å². The largest absolute Gasteiger partial charge is 0.512 e. The summed E-state index contributed by atoms with van der Waals surface area (Å²) in [6.07, 6.45) is 2.08. The van der Waals surface area contributed by atoms with Crippen LogP contribution in [0.4, 0.5) is 0 Å². The first-order valence-corrected chi connectivity index (χ1v) is 13.9. The van der Waals surface area contributed by atoms with Crippen LogP contribution in [-0.4, -0.2) is 35.6 Å². The quantitative estimate of drug-likeness (QED) is 0.158. The summed E-state index contributed by atoms with van der Waals surface area (Å²) in [5, 5.41) is 40.2. The summed E-state index contributed by atoms with van der Waals surface area (Å²) in [5.74, 6) is -0.451. The van der Waals surface area contributed by atoms with Gasteiger partial charge in [0.2, 0.25) is 0 Å². The highest BCUT2D eigenvalue weighted by atomic mass is 35.5. The predicted octanol–water partition coefficient (Wildman–Crippen LogP) is 7.97. The van der Waals surface area contributed by atoms with Crippen LogP contribution in [0.5, 0.6) is 11.5 Å². The van der Waals surface area contributed by atoms with Gasteiger partial charge in [-0.2, -0.15) is 5.26 Å². The molecule has 2 fully saturated rings. The van der Waals surface area contributed by atoms with Gasteiger partial charge in [0, 0.05) is 28.0 Å². The van der Waals surface area contributed by atoms with Crippen molar-refractivity contribution in [2.24, 2.45) is 5.92 Å². The first-order chi connectivity index (χ1) is 19.6. The van der Waals surface area contributed by atoms with Crippen LogP contribution in [0.25, 0.3) is 0 Å².